The van der Waals surface area contributed by atoms with E-state index in [1.807, 2.05) is 0 Å². The zero-order valence-electron chi connectivity index (χ0n) is 9.59. The van der Waals surface area contributed by atoms with Crippen LogP contribution >= 0.6 is 0 Å². The number of aromatic amines is 1. The Morgan fingerprint density at radius 2 is 1.94 bits per heavy atom. The van der Waals surface area contributed by atoms with Crippen molar-refractivity contribution in [3.63, 3.8) is 0 Å². The molecule has 0 aliphatic heterocycles. The summed E-state index contributed by atoms with van der Waals surface area (Å²) >= 11 is 0. The van der Waals surface area contributed by atoms with Gasteiger partial charge in [0.05, 0.1) is 11.8 Å². The lowest BCUT2D eigenvalue weighted by molar-refractivity contribution is 0.112. The summed E-state index contributed by atoms with van der Waals surface area (Å²) in [5.41, 5.74) is 1.45. The van der Waals surface area contributed by atoms with Crippen molar-refractivity contribution < 1.29 is 4.79 Å². The molecule has 0 fully saturated rings. The Hall–Kier alpha value is -2.88. The second-order valence-corrected chi connectivity index (χ2v) is 2.59. The van der Waals surface area contributed by atoms with Gasteiger partial charge in [-0.15, -0.1) is 6.42 Å². The second kappa shape index (κ2) is 9.67. The number of aryl methyl sites for hydroxylation is 1. The average Bonchev–Trinajstić information content (AvgIpc) is 2.75. The Labute approximate surface area is 101 Å². The van der Waals surface area contributed by atoms with Gasteiger partial charge in [-0.25, -0.2) is 0 Å². The molecule has 0 unspecified atom stereocenters. The number of H-pyrrole nitrogens is 1. The molecule has 1 N–H and O–H groups in total. The standard InChI is InChI=1S/C9H4.C5H6N2O/c1-3-5-7-9-8-6-4-2;1-4-5(3-8)2-6-7-4/h1H,2H3;2-3H,1H3,(H,6,7). The number of hydrogen-bond acceptors (Lipinski definition) is 2. The minimum atomic E-state index is 0.630. The molecule has 17 heavy (non-hydrogen) atoms. The highest BCUT2D eigenvalue weighted by Gasteiger charge is 1.93. The van der Waals surface area contributed by atoms with Crippen LogP contribution in [0.15, 0.2) is 6.20 Å². The zero-order chi connectivity index (χ0) is 12.9. The number of carbonyl (C=O) groups excluding carboxylic acids is 1. The minimum Gasteiger partial charge on any atom is -0.298 e. The van der Waals surface area contributed by atoms with E-state index in [4.69, 9.17) is 6.42 Å². The quantitative estimate of drug-likeness (QED) is 0.573. The molecule has 0 radical (unpaired) electrons. The first-order valence-electron chi connectivity index (χ1n) is 4.58. The predicted octanol–water partition coefficient (Wildman–Crippen LogP) is 1.18. The Bertz CT molecular complexity index is 584. The number of aromatic nitrogens is 2. The summed E-state index contributed by atoms with van der Waals surface area (Å²) in [6.45, 7) is 3.51. The number of terminal acetylenes is 1. The molecule has 0 spiro atoms. The third kappa shape index (κ3) is 7.10. The van der Waals surface area contributed by atoms with Crippen LogP contribution in [0.2, 0.25) is 0 Å². The molecule has 82 valence electrons. The van der Waals surface area contributed by atoms with E-state index in [1.54, 1.807) is 13.8 Å². The van der Waals surface area contributed by atoms with Gasteiger partial charge in [-0.3, -0.25) is 9.89 Å². The summed E-state index contributed by atoms with van der Waals surface area (Å²) in [6, 6.07) is 0. The van der Waals surface area contributed by atoms with Gasteiger partial charge in [0.15, 0.2) is 6.29 Å². The molecule has 1 heterocycles. The van der Waals surface area contributed by atoms with Gasteiger partial charge in [0.25, 0.3) is 0 Å². The summed E-state index contributed by atoms with van der Waals surface area (Å²) in [5.74, 6) is 17.0. The topological polar surface area (TPSA) is 45.8 Å². The van der Waals surface area contributed by atoms with Crippen LogP contribution in [0.4, 0.5) is 0 Å². The van der Waals surface area contributed by atoms with Crippen molar-refractivity contribution in [3.05, 3.63) is 17.5 Å². The van der Waals surface area contributed by atoms with Crippen LogP contribution in [0.1, 0.15) is 23.0 Å². The lowest BCUT2D eigenvalue weighted by atomic mass is 10.3. The number of hydrogen-bond donors (Lipinski definition) is 1. The van der Waals surface area contributed by atoms with Gasteiger partial charge in [0, 0.05) is 5.69 Å². The average molecular weight is 222 g/mol. The third-order valence-electron chi connectivity index (χ3n) is 1.44. The van der Waals surface area contributed by atoms with Gasteiger partial charge < -0.3 is 0 Å². The number of aldehydes is 1. The zero-order valence-corrected chi connectivity index (χ0v) is 9.59. The maximum atomic E-state index is 10.0. The Morgan fingerprint density at radius 1 is 1.29 bits per heavy atom. The SMILES string of the molecule is C#CC#CC#CC#CC.Cc1[nH]ncc1C=O. The maximum Gasteiger partial charge on any atom is 0.153 e. The summed E-state index contributed by atoms with van der Waals surface area (Å²) < 4.78 is 0. The Morgan fingerprint density at radius 3 is 2.35 bits per heavy atom. The third-order valence-corrected chi connectivity index (χ3v) is 1.44. The van der Waals surface area contributed by atoms with Crippen molar-refractivity contribution in [3.8, 4) is 47.9 Å². The molecule has 1 aromatic heterocycles. The van der Waals surface area contributed by atoms with Crippen LogP contribution in [-0.2, 0) is 0 Å². The largest absolute Gasteiger partial charge is 0.298 e. The first-order valence-corrected chi connectivity index (χ1v) is 4.58. The highest BCUT2D eigenvalue weighted by atomic mass is 16.1. The van der Waals surface area contributed by atoms with Crippen molar-refractivity contribution in [1.29, 1.82) is 0 Å². The van der Waals surface area contributed by atoms with E-state index in [9.17, 15) is 4.79 Å². The van der Waals surface area contributed by atoms with Crippen LogP contribution in [0.3, 0.4) is 0 Å². The summed E-state index contributed by atoms with van der Waals surface area (Å²) in [7, 11) is 0. The van der Waals surface area contributed by atoms with Crippen molar-refractivity contribution in [2.24, 2.45) is 0 Å². The van der Waals surface area contributed by atoms with Gasteiger partial charge >= 0.3 is 0 Å². The molecular weight excluding hydrogens is 212 g/mol. The smallest absolute Gasteiger partial charge is 0.153 e. The van der Waals surface area contributed by atoms with Gasteiger partial charge in [-0.1, -0.05) is 5.92 Å². The molecule has 0 aromatic carbocycles. The first-order chi connectivity index (χ1) is 8.26. The van der Waals surface area contributed by atoms with Crippen molar-refractivity contribution in [2.75, 3.05) is 0 Å². The van der Waals surface area contributed by atoms with Crippen molar-refractivity contribution >= 4 is 6.29 Å². The monoisotopic (exact) mass is 222 g/mol. The normalized spacial score (nSPS) is 6.18. The molecule has 0 aliphatic rings. The first kappa shape index (κ1) is 14.1. The van der Waals surface area contributed by atoms with E-state index in [0.29, 0.717) is 5.56 Å². The molecular formula is C14H10N2O. The van der Waals surface area contributed by atoms with E-state index < -0.39 is 0 Å². The van der Waals surface area contributed by atoms with E-state index in [0.717, 1.165) is 12.0 Å². The summed E-state index contributed by atoms with van der Waals surface area (Å²) in [5, 5.41) is 6.27. The van der Waals surface area contributed by atoms with Crippen molar-refractivity contribution in [1.82, 2.24) is 10.2 Å². The molecule has 3 nitrogen and oxygen atoms in total. The van der Waals surface area contributed by atoms with Gasteiger partial charge in [0.2, 0.25) is 0 Å². The van der Waals surface area contributed by atoms with Crippen LogP contribution in [-0.4, -0.2) is 16.5 Å². The van der Waals surface area contributed by atoms with E-state index in [2.05, 4.69) is 51.6 Å². The number of nitrogens with zero attached hydrogens (tertiary/aromatic N) is 1. The summed E-state index contributed by atoms with van der Waals surface area (Å²) in [4.78, 5) is 10.0. The number of rotatable bonds is 1. The molecule has 0 saturated heterocycles. The van der Waals surface area contributed by atoms with Gasteiger partial charge in [0.1, 0.15) is 0 Å². The van der Waals surface area contributed by atoms with Crippen LogP contribution in [0.5, 0.6) is 0 Å². The lowest BCUT2D eigenvalue weighted by Crippen LogP contribution is -1.77. The molecule has 1 aromatic rings. The summed E-state index contributed by atoms with van der Waals surface area (Å²) in [6.07, 6.45) is 7.09. The fourth-order valence-electron chi connectivity index (χ4n) is 0.671. The van der Waals surface area contributed by atoms with Gasteiger partial charge in [-0.2, -0.15) is 5.10 Å². The molecule has 0 aliphatic carbocycles. The lowest BCUT2D eigenvalue weighted by Gasteiger charge is -1.78. The fourth-order valence-corrected chi connectivity index (χ4v) is 0.671. The highest BCUT2D eigenvalue weighted by Crippen LogP contribution is 1.95. The molecule has 0 bridgehead atoms. The maximum absolute atomic E-state index is 10.0. The van der Waals surface area contributed by atoms with E-state index in [1.165, 1.54) is 6.20 Å². The fraction of sp³-hybridized carbons (Fsp3) is 0.143. The van der Waals surface area contributed by atoms with Crippen LogP contribution in [0, 0.1) is 54.8 Å². The molecule has 0 saturated carbocycles. The molecule has 3 heteroatoms. The molecule has 1 rings (SSSR count). The highest BCUT2D eigenvalue weighted by molar-refractivity contribution is 5.75. The Kier molecular flexibility index (Phi) is 8.03. The van der Waals surface area contributed by atoms with E-state index >= 15 is 0 Å². The number of carbonyl (C=O) groups is 1. The second-order valence-electron chi connectivity index (χ2n) is 2.59. The number of nitrogens with one attached hydrogen (secondary N) is 1. The van der Waals surface area contributed by atoms with Gasteiger partial charge in [-0.05, 0) is 49.4 Å². The molecule has 0 amide bonds. The van der Waals surface area contributed by atoms with E-state index in [-0.39, 0.29) is 0 Å². The predicted molar refractivity (Wildman–Crippen MR) is 66.5 cm³/mol. The van der Waals surface area contributed by atoms with Crippen LogP contribution < -0.4 is 0 Å². The minimum absolute atomic E-state index is 0.630. The van der Waals surface area contributed by atoms with Crippen molar-refractivity contribution in [2.45, 2.75) is 13.8 Å². The Balaban J connectivity index is 0.000000302. The molecule has 0 atom stereocenters. The van der Waals surface area contributed by atoms with Crippen LogP contribution in [0.25, 0.3) is 0 Å².